The Balaban J connectivity index is 2.44. The van der Waals surface area contributed by atoms with Crippen molar-refractivity contribution in [3.8, 4) is 0 Å². The Morgan fingerprint density at radius 1 is 1.46 bits per heavy atom. The molecule has 0 amide bonds. The van der Waals surface area contributed by atoms with Gasteiger partial charge in [-0.1, -0.05) is 6.07 Å². The third-order valence-corrected chi connectivity index (χ3v) is 1.87. The fourth-order valence-electron chi connectivity index (χ4n) is 0.888. The first-order chi connectivity index (χ1) is 6.14. The highest BCUT2D eigenvalue weighted by Gasteiger charge is 2.14. The predicted molar refractivity (Wildman–Crippen MR) is 52.2 cm³/mol. The first-order valence-electron chi connectivity index (χ1n) is 4.40. The molecule has 0 spiro atoms. The molecule has 3 heteroatoms. The first kappa shape index (κ1) is 10.2. The van der Waals surface area contributed by atoms with Crippen LogP contribution >= 0.6 is 0 Å². The Bertz CT molecular complexity index is 246. The van der Waals surface area contributed by atoms with Gasteiger partial charge in [-0.05, 0) is 26.0 Å². The highest BCUT2D eigenvalue weighted by atomic mass is 16.3. The van der Waals surface area contributed by atoms with E-state index in [0.717, 1.165) is 5.69 Å². The van der Waals surface area contributed by atoms with Gasteiger partial charge in [0, 0.05) is 18.3 Å². The molecular weight excluding hydrogens is 164 g/mol. The minimum Gasteiger partial charge on any atom is -0.394 e. The summed E-state index contributed by atoms with van der Waals surface area (Å²) in [4.78, 5) is 4.17. The first-order valence-corrected chi connectivity index (χ1v) is 4.40. The van der Waals surface area contributed by atoms with Gasteiger partial charge < -0.3 is 10.4 Å². The maximum atomic E-state index is 8.99. The lowest BCUT2D eigenvalue weighted by Gasteiger charge is -2.23. The van der Waals surface area contributed by atoms with Gasteiger partial charge in [0.15, 0.2) is 0 Å². The molecule has 0 atom stereocenters. The van der Waals surface area contributed by atoms with E-state index < -0.39 is 0 Å². The predicted octanol–water partition coefficient (Wildman–Crippen LogP) is 0.942. The zero-order chi connectivity index (χ0) is 9.73. The third-order valence-electron chi connectivity index (χ3n) is 1.87. The average Bonchev–Trinajstić information content (AvgIpc) is 2.17. The average molecular weight is 180 g/mol. The summed E-state index contributed by atoms with van der Waals surface area (Å²) in [7, 11) is 0. The van der Waals surface area contributed by atoms with Crippen molar-refractivity contribution in [2.24, 2.45) is 0 Å². The quantitative estimate of drug-likeness (QED) is 0.725. The van der Waals surface area contributed by atoms with Crippen molar-refractivity contribution in [1.82, 2.24) is 10.3 Å². The van der Waals surface area contributed by atoms with Crippen LogP contribution in [0.25, 0.3) is 0 Å². The van der Waals surface area contributed by atoms with Gasteiger partial charge in [-0.15, -0.1) is 0 Å². The smallest absolute Gasteiger partial charge is 0.0607 e. The maximum Gasteiger partial charge on any atom is 0.0607 e. The molecular formula is C10H16N2O. The lowest BCUT2D eigenvalue weighted by Crippen LogP contribution is -2.42. The van der Waals surface area contributed by atoms with E-state index in [1.54, 1.807) is 6.20 Å². The molecule has 13 heavy (non-hydrogen) atoms. The minimum absolute atomic E-state index is 0.125. The van der Waals surface area contributed by atoms with Crippen LogP contribution in [0.2, 0.25) is 0 Å². The number of aliphatic hydroxyl groups is 1. The number of aromatic nitrogens is 1. The van der Waals surface area contributed by atoms with E-state index in [-0.39, 0.29) is 12.1 Å². The summed E-state index contributed by atoms with van der Waals surface area (Å²) in [5.41, 5.74) is 0.751. The summed E-state index contributed by atoms with van der Waals surface area (Å²) in [5, 5.41) is 12.2. The van der Waals surface area contributed by atoms with Crippen LogP contribution in [0, 0.1) is 0 Å². The fourth-order valence-corrected chi connectivity index (χ4v) is 0.888. The summed E-state index contributed by atoms with van der Waals surface area (Å²) < 4.78 is 0. The zero-order valence-corrected chi connectivity index (χ0v) is 8.12. The standard InChI is InChI=1S/C10H16N2O/c1-10(2,8-13)12-7-9-5-3-4-6-11-9/h3-6,12-13H,7-8H2,1-2H3. The number of hydrogen-bond acceptors (Lipinski definition) is 3. The van der Waals surface area contributed by atoms with Crippen LogP contribution in [0.1, 0.15) is 19.5 Å². The Labute approximate surface area is 78.8 Å². The number of pyridine rings is 1. The van der Waals surface area contributed by atoms with Crippen molar-refractivity contribution in [3.63, 3.8) is 0 Å². The van der Waals surface area contributed by atoms with E-state index in [4.69, 9.17) is 5.11 Å². The van der Waals surface area contributed by atoms with Crippen molar-refractivity contribution < 1.29 is 5.11 Å². The van der Waals surface area contributed by atoms with Crippen molar-refractivity contribution in [2.75, 3.05) is 6.61 Å². The second-order valence-electron chi connectivity index (χ2n) is 3.72. The number of nitrogens with zero attached hydrogens (tertiary/aromatic N) is 1. The molecule has 1 aromatic rings. The molecule has 1 rings (SSSR count). The van der Waals surface area contributed by atoms with E-state index in [2.05, 4.69) is 10.3 Å². The van der Waals surface area contributed by atoms with Crippen molar-refractivity contribution in [3.05, 3.63) is 30.1 Å². The van der Waals surface area contributed by atoms with Gasteiger partial charge in [0.05, 0.1) is 12.3 Å². The Morgan fingerprint density at radius 3 is 2.77 bits per heavy atom. The van der Waals surface area contributed by atoms with Crippen LogP contribution in [0.4, 0.5) is 0 Å². The molecule has 0 aliphatic heterocycles. The Kier molecular flexibility index (Phi) is 3.39. The molecule has 0 aromatic carbocycles. The monoisotopic (exact) mass is 180 g/mol. The number of rotatable bonds is 4. The van der Waals surface area contributed by atoms with E-state index in [0.29, 0.717) is 6.54 Å². The van der Waals surface area contributed by atoms with Crippen molar-refractivity contribution in [2.45, 2.75) is 25.9 Å². The molecule has 0 fully saturated rings. The lowest BCUT2D eigenvalue weighted by molar-refractivity contribution is 0.187. The summed E-state index contributed by atoms with van der Waals surface area (Å²) >= 11 is 0. The minimum atomic E-state index is -0.239. The molecule has 1 heterocycles. The summed E-state index contributed by atoms with van der Waals surface area (Å²) in [5.74, 6) is 0. The second-order valence-corrected chi connectivity index (χ2v) is 3.72. The van der Waals surface area contributed by atoms with E-state index >= 15 is 0 Å². The SMILES string of the molecule is CC(C)(CO)NCc1ccccn1. The molecule has 0 saturated carbocycles. The van der Waals surface area contributed by atoms with Crippen molar-refractivity contribution >= 4 is 0 Å². The van der Waals surface area contributed by atoms with Gasteiger partial charge in [0.1, 0.15) is 0 Å². The molecule has 0 aliphatic carbocycles. The van der Waals surface area contributed by atoms with E-state index in [1.165, 1.54) is 0 Å². The second kappa shape index (κ2) is 4.35. The van der Waals surface area contributed by atoms with Crippen molar-refractivity contribution in [1.29, 1.82) is 0 Å². The maximum absolute atomic E-state index is 8.99. The third kappa shape index (κ3) is 3.53. The zero-order valence-electron chi connectivity index (χ0n) is 8.12. The lowest BCUT2D eigenvalue weighted by atomic mass is 10.1. The molecule has 0 radical (unpaired) electrons. The molecule has 1 aromatic heterocycles. The normalized spacial score (nSPS) is 11.6. The highest BCUT2D eigenvalue weighted by Crippen LogP contribution is 2.01. The number of aliphatic hydroxyl groups excluding tert-OH is 1. The van der Waals surface area contributed by atoms with Crippen LogP contribution in [0.3, 0.4) is 0 Å². The molecule has 0 aliphatic rings. The summed E-state index contributed by atoms with van der Waals surface area (Å²) in [6, 6.07) is 5.80. The largest absolute Gasteiger partial charge is 0.394 e. The van der Waals surface area contributed by atoms with Gasteiger partial charge >= 0.3 is 0 Å². The van der Waals surface area contributed by atoms with Gasteiger partial charge in [-0.2, -0.15) is 0 Å². The van der Waals surface area contributed by atoms with Gasteiger partial charge in [0.2, 0.25) is 0 Å². The summed E-state index contributed by atoms with van der Waals surface area (Å²) in [6.45, 7) is 4.72. The van der Waals surface area contributed by atoms with Crippen LogP contribution < -0.4 is 5.32 Å². The number of nitrogens with one attached hydrogen (secondary N) is 1. The highest BCUT2D eigenvalue weighted by molar-refractivity contribution is 5.03. The van der Waals surface area contributed by atoms with Crippen LogP contribution in [0.15, 0.2) is 24.4 Å². The van der Waals surface area contributed by atoms with Gasteiger partial charge in [-0.3, -0.25) is 4.98 Å². The molecule has 0 saturated heterocycles. The topological polar surface area (TPSA) is 45.1 Å². The Hall–Kier alpha value is -0.930. The van der Waals surface area contributed by atoms with Crippen LogP contribution in [-0.2, 0) is 6.54 Å². The number of hydrogen-bond donors (Lipinski definition) is 2. The van der Waals surface area contributed by atoms with E-state index in [9.17, 15) is 0 Å². The molecule has 2 N–H and O–H groups in total. The molecule has 3 nitrogen and oxygen atoms in total. The van der Waals surface area contributed by atoms with Gasteiger partial charge in [-0.25, -0.2) is 0 Å². The molecule has 0 bridgehead atoms. The summed E-state index contributed by atoms with van der Waals surface area (Å²) in [6.07, 6.45) is 1.77. The molecule has 0 unspecified atom stereocenters. The van der Waals surface area contributed by atoms with Crippen LogP contribution in [-0.4, -0.2) is 22.2 Å². The van der Waals surface area contributed by atoms with E-state index in [1.807, 2.05) is 32.0 Å². The fraction of sp³-hybridized carbons (Fsp3) is 0.500. The van der Waals surface area contributed by atoms with Crippen LogP contribution in [0.5, 0.6) is 0 Å². The van der Waals surface area contributed by atoms with Gasteiger partial charge in [0.25, 0.3) is 0 Å². The Morgan fingerprint density at radius 2 is 2.23 bits per heavy atom. The molecule has 72 valence electrons.